The Kier molecular flexibility index (Phi) is 7.73. The maximum absolute atomic E-state index is 12.7. The third-order valence-electron chi connectivity index (χ3n) is 3.38. The summed E-state index contributed by atoms with van der Waals surface area (Å²) in [5, 5.41) is 0. The molecule has 25 heavy (non-hydrogen) atoms. The Morgan fingerprint density at radius 2 is 1.88 bits per heavy atom. The van der Waals surface area contributed by atoms with Gasteiger partial charge in [-0.2, -0.15) is 13.2 Å². The van der Waals surface area contributed by atoms with Crippen molar-refractivity contribution >= 4 is 11.8 Å². The van der Waals surface area contributed by atoms with Crippen molar-refractivity contribution in [1.82, 2.24) is 9.80 Å². The van der Waals surface area contributed by atoms with Gasteiger partial charge in [-0.05, 0) is 24.6 Å². The molecule has 0 radical (unpaired) electrons. The van der Waals surface area contributed by atoms with E-state index in [0.717, 1.165) is 4.90 Å². The third-order valence-corrected chi connectivity index (χ3v) is 3.38. The van der Waals surface area contributed by atoms with Crippen molar-refractivity contribution in [2.75, 3.05) is 33.8 Å². The van der Waals surface area contributed by atoms with E-state index >= 15 is 0 Å². The third kappa shape index (κ3) is 7.45. The Bertz CT molecular complexity index is 589. The summed E-state index contributed by atoms with van der Waals surface area (Å²) < 4.78 is 43.4. The highest BCUT2D eigenvalue weighted by atomic mass is 19.4. The zero-order valence-corrected chi connectivity index (χ0v) is 14.6. The van der Waals surface area contributed by atoms with Crippen LogP contribution in [0.1, 0.15) is 30.1 Å². The Morgan fingerprint density at radius 1 is 1.20 bits per heavy atom. The number of unbranched alkanes of at least 4 members (excludes halogenated alkanes) is 1. The Morgan fingerprint density at radius 3 is 2.44 bits per heavy atom. The SMILES string of the molecule is CCCCN(CC(F)(F)F)C(=O)c1cccc(OCC(=O)N(C)C)c1. The van der Waals surface area contributed by atoms with E-state index in [4.69, 9.17) is 4.74 Å². The molecule has 0 aliphatic carbocycles. The number of amides is 2. The highest BCUT2D eigenvalue weighted by Crippen LogP contribution is 2.20. The molecule has 2 amide bonds. The average Bonchev–Trinajstić information content (AvgIpc) is 2.54. The molecule has 0 atom stereocenters. The fourth-order valence-corrected chi connectivity index (χ4v) is 1.99. The van der Waals surface area contributed by atoms with Gasteiger partial charge in [0.1, 0.15) is 12.3 Å². The molecule has 0 unspecified atom stereocenters. The molecule has 0 heterocycles. The molecule has 0 spiro atoms. The lowest BCUT2D eigenvalue weighted by Gasteiger charge is -2.24. The quantitative estimate of drug-likeness (QED) is 0.716. The molecular weight excluding hydrogens is 337 g/mol. The van der Waals surface area contributed by atoms with Crippen molar-refractivity contribution < 1.29 is 27.5 Å². The fourth-order valence-electron chi connectivity index (χ4n) is 1.99. The summed E-state index contributed by atoms with van der Waals surface area (Å²) in [4.78, 5) is 26.1. The molecule has 0 N–H and O–H groups in total. The largest absolute Gasteiger partial charge is 0.484 e. The maximum Gasteiger partial charge on any atom is 0.406 e. The van der Waals surface area contributed by atoms with Crippen LogP contribution in [-0.4, -0.2) is 61.6 Å². The van der Waals surface area contributed by atoms with E-state index in [0.29, 0.717) is 12.8 Å². The van der Waals surface area contributed by atoms with Crippen LogP contribution in [0, 0.1) is 0 Å². The summed E-state index contributed by atoms with van der Waals surface area (Å²) in [5.41, 5.74) is 0.0927. The first kappa shape index (κ1) is 20.8. The van der Waals surface area contributed by atoms with E-state index in [9.17, 15) is 22.8 Å². The number of rotatable bonds is 8. The van der Waals surface area contributed by atoms with Crippen molar-refractivity contribution in [2.24, 2.45) is 0 Å². The number of carbonyl (C=O) groups is 2. The second-order valence-corrected chi connectivity index (χ2v) is 5.80. The minimum absolute atomic E-state index is 0.0268. The standard InChI is InChI=1S/C17H23F3N2O3/c1-4-5-9-22(12-17(18,19)20)16(24)13-7-6-8-14(10-13)25-11-15(23)21(2)3/h6-8,10H,4-5,9,11-12H2,1-3H3. The number of ether oxygens (including phenoxy) is 1. The molecule has 0 bridgehead atoms. The molecule has 8 heteroatoms. The zero-order valence-electron chi connectivity index (χ0n) is 14.6. The van der Waals surface area contributed by atoms with Crippen molar-refractivity contribution in [3.63, 3.8) is 0 Å². The number of hydrogen-bond donors (Lipinski definition) is 0. The zero-order chi connectivity index (χ0) is 19.0. The van der Waals surface area contributed by atoms with Gasteiger partial charge in [0.25, 0.3) is 11.8 Å². The lowest BCUT2D eigenvalue weighted by Crippen LogP contribution is -2.39. The van der Waals surface area contributed by atoms with Crippen LogP contribution in [-0.2, 0) is 4.79 Å². The van der Waals surface area contributed by atoms with E-state index in [1.165, 1.54) is 23.1 Å². The molecular formula is C17H23F3N2O3. The second kappa shape index (κ2) is 9.29. The van der Waals surface area contributed by atoms with E-state index in [2.05, 4.69) is 0 Å². The number of carbonyl (C=O) groups excluding carboxylic acids is 2. The molecule has 0 saturated carbocycles. The Labute approximate surface area is 145 Å². The van der Waals surface area contributed by atoms with Crippen LogP contribution in [0.4, 0.5) is 13.2 Å². The summed E-state index contributed by atoms with van der Waals surface area (Å²) >= 11 is 0. The van der Waals surface area contributed by atoms with Crippen LogP contribution in [0.5, 0.6) is 5.75 Å². The van der Waals surface area contributed by atoms with Crippen molar-refractivity contribution in [1.29, 1.82) is 0 Å². The first-order valence-corrected chi connectivity index (χ1v) is 7.93. The number of likely N-dealkylation sites (N-methyl/N-ethyl adjacent to an activating group) is 1. The molecule has 0 aromatic heterocycles. The molecule has 1 rings (SSSR count). The fraction of sp³-hybridized carbons (Fsp3) is 0.529. The van der Waals surface area contributed by atoms with Gasteiger partial charge in [-0.25, -0.2) is 0 Å². The molecule has 5 nitrogen and oxygen atoms in total. The van der Waals surface area contributed by atoms with Gasteiger partial charge >= 0.3 is 6.18 Å². The lowest BCUT2D eigenvalue weighted by molar-refractivity contribution is -0.140. The van der Waals surface area contributed by atoms with Gasteiger partial charge in [-0.15, -0.1) is 0 Å². The predicted molar refractivity (Wildman–Crippen MR) is 87.5 cm³/mol. The van der Waals surface area contributed by atoms with Crippen molar-refractivity contribution in [2.45, 2.75) is 25.9 Å². The van der Waals surface area contributed by atoms with Gasteiger partial charge in [-0.1, -0.05) is 19.4 Å². The summed E-state index contributed by atoms with van der Waals surface area (Å²) in [6.07, 6.45) is -3.30. The second-order valence-electron chi connectivity index (χ2n) is 5.80. The highest BCUT2D eigenvalue weighted by molar-refractivity contribution is 5.94. The van der Waals surface area contributed by atoms with Crippen molar-refractivity contribution in [3.05, 3.63) is 29.8 Å². The average molecular weight is 360 g/mol. The molecule has 0 fully saturated rings. The summed E-state index contributed by atoms with van der Waals surface area (Å²) in [6, 6.07) is 5.83. The Hall–Kier alpha value is -2.25. The highest BCUT2D eigenvalue weighted by Gasteiger charge is 2.33. The molecule has 0 aliphatic heterocycles. The van der Waals surface area contributed by atoms with Gasteiger partial charge in [0.2, 0.25) is 0 Å². The summed E-state index contributed by atoms with van der Waals surface area (Å²) in [5.74, 6) is -0.725. The molecule has 0 saturated heterocycles. The van der Waals surface area contributed by atoms with Crippen LogP contribution in [0.15, 0.2) is 24.3 Å². The summed E-state index contributed by atoms with van der Waals surface area (Å²) in [7, 11) is 3.16. The first-order valence-electron chi connectivity index (χ1n) is 7.93. The van der Waals surface area contributed by atoms with E-state index in [-0.39, 0.29) is 30.4 Å². The number of alkyl halides is 3. The number of benzene rings is 1. The smallest absolute Gasteiger partial charge is 0.406 e. The van der Waals surface area contributed by atoms with Crippen LogP contribution in [0.25, 0.3) is 0 Å². The topological polar surface area (TPSA) is 49.9 Å². The van der Waals surface area contributed by atoms with Gasteiger partial charge in [0.05, 0.1) is 0 Å². The van der Waals surface area contributed by atoms with Crippen LogP contribution >= 0.6 is 0 Å². The molecule has 1 aromatic rings. The normalized spacial score (nSPS) is 11.1. The van der Waals surface area contributed by atoms with Gasteiger partial charge in [0, 0.05) is 26.2 Å². The first-order chi connectivity index (χ1) is 11.6. The van der Waals surface area contributed by atoms with Gasteiger partial charge in [0.15, 0.2) is 6.61 Å². The number of halogens is 3. The van der Waals surface area contributed by atoms with Crippen LogP contribution in [0.3, 0.4) is 0 Å². The van der Waals surface area contributed by atoms with E-state index in [1.807, 2.05) is 6.92 Å². The van der Waals surface area contributed by atoms with Gasteiger partial charge < -0.3 is 14.5 Å². The lowest BCUT2D eigenvalue weighted by atomic mass is 10.1. The van der Waals surface area contributed by atoms with Gasteiger partial charge in [-0.3, -0.25) is 9.59 Å². The van der Waals surface area contributed by atoms with Crippen LogP contribution < -0.4 is 4.74 Å². The molecule has 140 valence electrons. The monoisotopic (exact) mass is 360 g/mol. The van der Waals surface area contributed by atoms with Crippen LogP contribution in [0.2, 0.25) is 0 Å². The molecule has 0 aliphatic rings. The predicted octanol–water partition coefficient (Wildman–Crippen LogP) is 2.96. The van der Waals surface area contributed by atoms with E-state index < -0.39 is 18.6 Å². The minimum Gasteiger partial charge on any atom is -0.484 e. The summed E-state index contributed by atoms with van der Waals surface area (Å²) in [6.45, 7) is 0.355. The van der Waals surface area contributed by atoms with Crippen molar-refractivity contribution in [3.8, 4) is 5.75 Å². The Balaban J connectivity index is 2.87. The maximum atomic E-state index is 12.7. The molecule has 1 aromatic carbocycles. The number of nitrogens with zero attached hydrogens (tertiary/aromatic N) is 2. The van der Waals surface area contributed by atoms with E-state index in [1.54, 1.807) is 20.2 Å². The number of hydrogen-bond acceptors (Lipinski definition) is 3. The minimum atomic E-state index is -4.46.